The molecule has 1 aromatic rings. The zero-order chi connectivity index (χ0) is 12.5. The van der Waals surface area contributed by atoms with Crippen molar-refractivity contribution >= 4 is 12.1 Å². The molecule has 0 aliphatic carbocycles. The van der Waals surface area contributed by atoms with Crippen LogP contribution in [0.3, 0.4) is 0 Å². The van der Waals surface area contributed by atoms with E-state index in [9.17, 15) is 26.7 Å². The van der Waals surface area contributed by atoms with Crippen molar-refractivity contribution in [2.45, 2.75) is 12.6 Å². The summed E-state index contributed by atoms with van der Waals surface area (Å²) in [4.78, 5) is 13.2. The lowest BCUT2D eigenvalue weighted by Crippen LogP contribution is -2.16. The molecule has 3 nitrogen and oxygen atoms in total. The lowest BCUT2D eigenvalue weighted by molar-refractivity contribution is -0.143. The van der Waals surface area contributed by atoms with Crippen molar-refractivity contribution < 1.29 is 26.7 Å². The first kappa shape index (κ1) is 12.3. The number of rotatable bonds is 2. The predicted octanol–water partition coefficient (Wildman–Crippen LogP) is 2.43. The van der Waals surface area contributed by atoms with Gasteiger partial charge in [0.2, 0.25) is 0 Å². The van der Waals surface area contributed by atoms with E-state index in [2.05, 4.69) is 4.98 Å². The number of nitrogen functional groups attached to an aromatic ring is 1. The third-order valence-electron chi connectivity index (χ3n) is 1.72. The Hall–Kier alpha value is -1.73. The van der Waals surface area contributed by atoms with E-state index in [0.29, 0.717) is 6.07 Å². The van der Waals surface area contributed by atoms with Crippen molar-refractivity contribution in [2.24, 2.45) is 0 Å². The van der Waals surface area contributed by atoms with Crippen LogP contribution in [-0.2, 0) is 6.18 Å². The van der Waals surface area contributed by atoms with Gasteiger partial charge in [0.15, 0.2) is 12.0 Å². The first-order chi connectivity index (χ1) is 7.27. The fourth-order valence-corrected chi connectivity index (χ4v) is 1.14. The topological polar surface area (TPSA) is 56.0 Å². The number of carbonyl (C=O) groups is 1. The molecule has 0 radical (unpaired) electrons. The van der Waals surface area contributed by atoms with Crippen molar-refractivity contribution in [3.8, 4) is 0 Å². The molecule has 1 aromatic heterocycles. The number of nitrogens with zero attached hydrogens (tertiary/aromatic N) is 1. The highest BCUT2D eigenvalue weighted by molar-refractivity contribution is 5.79. The normalized spacial score (nSPS) is 11.9. The number of aromatic nitrogens is 1. The maximum atomic E-state index is 12.4. The number of pyridine rings is 1. The molecule has 1 rings (SSSR count). The van der Waals surface area contributed by atoms with Crippen LogP contribution in [0.25, 0.3) is 0 Å². The van der Waals surface area contributed by atoms with E-state index >= 15 is 0 Å². The van der Waals surface area contributed by atoms with Crippen LogP contribution in [-0.4, -0.2) is 11.3 Å². The Bertz CT molecular complexity index is 416. The molecule has 0 fully saturated rings. The van der Waals surface area contributed by atoms with Gasteiger partial charge in [-0.2, -0.15) is 13.2 Å². The lowest BCUT2D eigenvalue weighted by atomic mass is 10.1. The van der Waals surface area contributed by atoms with E-state index in [-0.39, 0.29) is 6.29 Å². The predicted molar refractivity (Wildman–Crippen MR) is 44.0 cm³/mol. The minimum Gasteiger partial charge on any atom is -0.384 e. The van der Waals surface area contributed by atoms with Crippen LogP contribution in [0.1, 0.15) is 28.0 Å². The number of carbonyl (C=O) groups excluding carboxylic acids is 1. The second-order valence-electron chi connectivity index (χ2n) is 2.81. The molecule has 0 saturated carbocycles. The average Bonchev–Trinajstić information content (AvgIpc) is 2.14. The van der Waals surface area contributed by atoms with Crippen LogP contribution < -0.4 is 5.73 Å². The molecule has 1 heterocycles. The van der Waals surface area contributed by atoms with E-state index in [1.54, 1.807) is 0 Å². The van der Waals surface area contributed by atoms with Crippen LogP contribution in [0.4, 0.5) is 27.8 Å². The molecule has 16 heavy (non-hydrogen) atoms. The Kier molecular flexibility index (Phi) is 3.11. The highest BCUT2D eigenvalue weighted by Gasteiger charge is 2.39. The summed E-state index contributed by atoms with van der Waals surface area (Å²) in [6.45, 7) is 0. The highest BCUT2D eigenvalue weighted by atomic mass is 19.4. The minimum absolute atomic E-state index is 0.116. The summed E-state index contributed by atoms with van der Waals surface area (Å²) in [6, 6.07) is 0.670. The van der Waals surface area contributed by atoms with Gasteiger partial charge in [-0.1, -0.05) is 0 Å². The zero-order valence-corrected chi connectivity index (χ0v) is 7.55. The van der Waals surface area contributed by atoms with E-state index in [4.69, 9.17) is 5.73 Å². The van der Waals surface area contributed by atoms with E-state index < -0.39 is 35.2 Å². The van der Waals surface area contributed by atoms with Crippen molar-refractivity contribution in [3.63, 3.8) is 0 Å². The SMILES string of the molecule is Nc1cc(C=O)c(C(F)F)c(C(F)(F)F)n1. The maximum absolute atomic E-state index is 12.4. The minimum atomic E-state index is -5.08. The highest BCUT2D eigenvalue weighted by Crippen LogP contribution is 2.37. The van der Waals surface area contributed by atoms with Crippen molar-refractivity contribution in [2.75, 3.05) is 5.73 Å². The summed E-state index contributed by atoms with van der Waals surface area (Å²) in [7, 11) is 0. The van der Waals surface area contributed by atoms with Crippen LogP contribution in [0.5, 0.6) is 0 Å². The van der Waals surface area contributed by atoms with Crippen LogP contribution in [0.2, 0.25) is 0 Å². The third kappa shape index (κ3) is 2.26. The molecule has 88 valence electrons. The smallest absolute Gasteiger partial charge is 0.384 e. The molecule has 0 unspecified atom stereocenters. The Labute approximate surface area is 86.1 Å². The van der Waals surface area contributed by atoms with Gasteiger partial charge < -0.3 is 5.73 Å². The third-order valence-corrected chi connectivity index (χ3v) is 1.72. The molecule has 0 bridgehead atoms. The van der Waals surface area contributed by atoms with Crippen molar-refractivity contribution in [3.05, 3.63) is 22.9 Å². The standard InChI is InChI=1S/C8H5F5N2O/c9-7(10)5-3(2-16)1-4(14)15-6(5)8(11,12)13/h1-2,7H,(H2,14,15). The zero-order valence-electron chi connectivity index (χ0n) is 7.55. The number of alkyl halides is 5. The Balaban J connectivity index is 3.57. The quantitative estimate of drug-likeness (QED) is 0.638. The van der Waals surface area contributed by atoms with Gasteiger partial charge in [-0.05, 0) is 6.07 Å². The summed E-state index contributed by atoms with van der Waals surface area (Å²) in [5.41, 5.74) is 0.899. The average molecular weight is 240 g/mol. The van der Waals surface area contributed by atoms with Crippen molar-refractivity contribution in [1.29, 1.82) is 0 Å². The first-order valence-corrected chi connectivity index (χ1v) is 3.88. The Morgan fingerprint density at radius 2 is 1.94 bits per heavy atom. The van der Waals surface area contributed by atoms with Crippen LogP contribution >= 0.6 is 0 Å². The second-order valence-corrected chi connectivity index (χ2v) is 2.81. The fraction of sp³-hybridized carbons (Fsp3) is 0.250. The molecular formula is C8H5F5N2O. The number of nitrogens with two attached hydrogens (primary N) is 1. The molecule has 0 amide bonds. The number of aldehydes is 1. The van der Waals surface area contributed by atoms with Crippen molar-refractivity contribution in [1.82, 2.24) is 4.98 Å². The Morgan fingerprint density at radius 1 is 1.38 bits per heavy atom. The molecule has 0 atom stereocenters. The van der Waals surface area contributed by atoms with Gasteiger partial charge in [-0.25, -0.2) is 13.8 Å². The number of hydrogen-bond donors (Lipinski definition) is 1. The molecular weight excluding hydrogens is 235 g/mol. The summed E-state index contributed by atoms with van der Waals surface area (Å²) in [6.07, 6.45) is -8.65. The maximum Gasteiger partial charge on any atom is 0.433 e. The molecule has 0 aromatic carbocycles. The monoisotopic (exact) mass is 240 g/mol. The molecule has 8 heteroatoms. The molecule has 0 saturated heterocycles. The largest absolute Gasteiger partial charge is 0.433 e. The van der Waals surface area contributed by atoms with E-state index in [1.165, 1.54) is 0 Å². The van der Waals surface area contributed by atoms with Crippen LogP contribution in [0, 0.1) is 0 Å². The number of halogens is 5. The Morgan fingerprint density at radius 3 is 2.31 bits per heavy atom. The second kappa shape index (κ2) is 4.03. The summed E-state index contributed by atoms with van der Waals surface area (Å²) in [5.74, 6) is -0.640. The van der Waals surface area contributed by atoms with Gasteiger partial charge in [0.1, 0.15) is 5.82 Å². The number of hydrogen-bond acceptors (Lipinski definition) is 3. The lowest BCUT2D eigenvalue weighted by Gasteiger charge is -2.13. The number of anilines is 1. The summed E-state index contributed by atoms with van der Waals surface area (Å²) in [5, 5.41) is 0. The van der Waals surface area contributed by atoms with Gasteiger partial charge in [0.25, 0.3) is 6.43 Å². The summed E-state index contributed by atoms with van der Waals surface area (Å²) < 4.78 is 61.8. The first-order valence-electron chi connectivity index (χ1n) is 3.88. The summed E-state index contributed by atoms with van der Waals surface area (Å²) >= 11 is 0. The molecule has 2 N–H and O–H groups in total. The van der Waals surface area contributed by atoms with Gasteiger partial charge >= 0.3 is 6.18 Å². The van der Waals surface area contributed by atoms with Gasteiger partial charge in [-0.15, -0.1) is 0 Å². The molecule has 0 spiro atoms. The molecule has 0 aliphatic rings. The van der Waals surface area contributed by atoms with Crippen LogP contribution in [0.15, 0.2) is 6.07 Å². The van der Waals surface area contributed by atoms with E-state index in [1.807, 2.05) is 0 Å². The van der Waals surface area contributed by atoms with E-state index in [0.717, 1.165) is 0 Å². The van der Waals surface area contributed by atoms with Gasteiger partial charge in [0.05, 0.1) is 5.56 Å². The van der Waals surface area contributed by atoms with Gasteiger partial charge in [0, 0.05) is 5.56 Å². The van der Waals surface area contributed by atoms with Gasteiger partial charge in [-0.3, -0.25) is 4.79 Å². The molecule has 0 aliphatic heterocycles. The fourth-order valence-electron chi connectivity index (χ4n) is 1.14.